The van der Waals surface area contributed by atoms with Gasteiger partial charge in [0, 0.05) is 18.7 Å². The number of nitrogens with one attached hydrogen (secondary N) is 1. The van der Waals surface area contributed by atoms with Crippen LogP contribution in [0.5, 0.6) is 0 Å². The standard InChI is InChI=1S/C19H22N2O3S/c1-4-5-14(3)17(22)20-10-11-21-18(23)16(25-19(21)24)12-15-8-6-13(2)7-9-15/h5-9,12H,4,10-11H2,1-3H3,(H,20,22)/b14-5-,16-12+. The van der Waals surface area contributed by atoms with E-state index in [-0.39, 0.29) is 30.1 Å². The second-order valence-corrected chi connectivity index (χ2v) is 6.79. The highest BCUT2D eigenvalue weighted by atomic mass is 32.2. The van der Waals surface area contributed by atoms with Gasteiger partial charge in [-0.25, -0.2) is 0 Å². The second-order valence-electron chi connectivity index (χ2n) is 5.80. The lowest BCUT2D eigenvalue weighted by Crippen LogP contribution is -2.37. The molecule has 1 heterocycles. The fraction of sp³-hybridized carbons (Fsp3) is 0.316. The fourth-order valence-electron chi connectivity index (χ4n) is 2.33. The van der Waals surface area contributed by atoms with Crippen molar-refractivity contribution in [1.29, 1.82) is 0 Å². The summed E-state index contributed by atoms with van der Waals surface area (Å²) in [5.74, 6) is -0.491. The molecule has 1 aromatic rings. The molecule has 25 heavy (non-hydrogen) atoms. The van der Waals surface area contributed by atoms with E-state index in [0.29, 0.717) is 10.5 Å². The van der Waals surface area contributed by atoms with E-state index in [1.54, 1.807) is 13.0 Å². The molecule has 0 saturated carbocycles. The van der Waals surface area contributed by atoms with Crippen LogP contribution in [0.3, 0.4) is 0 Å². The van der Waals surface area contributed by atoms with Crippen LogP contribution in [0, 0.1) is 6.92 Å². The summed E-state index contributed by atoms with van der Waals surface area (Å²) >= 11 is 0.929. The van der Waals surface area contributed by atoms with Gasteiger partial charge in [0.2, 0.25) is 5.91 Å². The molecule has 1 saturated heterocycles. The van der Waals surface area contributed by atoms with Crippen LogP contribution in [-0.2, 0) is 9.59 Å². The van der Waals surface area contributed by atoms with Crippen molar-refractivity contribution in [2.45, 2.75) is 27.2 Å². The topological polar surface area (TPSA) is 66.5 Å². The van der Waals surface area contributed by atoms with E-state index in [9.17, 15) is 14.4 Å². The average Bonchev–Trinajstić information content (AvgIpc) is 2.84. The molecule has 1 aliphatic heterocycles. The molecule has 6 heteroatoms. The number of nitrogens with zero attached hydrogens (tertiary/aromatic N) is 1. The molecule has 0 radical (unpaired) electrons. The first-order chi connectivity index (χ1) is 11.9. The molecule has 132 valence electrons. The number of allylic oxidation sites excluding steroid dienone is 1. The highest BCUT2D eigenvalue weighted by Gasteiger charge is 2.34. The molecule has 1 aliphatic rings. The minimum atomic E-state index is -0.314. The molecule has 3 amide bonds. The van der Waals surface area contributed by atoms with Gasteiger partial charge in [-0.3, -0.25) is 19.3 Å². The molecule has 1 N–H and O–H groups in total. The number of amides is 3. The van der Waals surface area contributed by atoms with E-state index in [1.165, 1.54) is 4.90 Å². The lowest BCUT2D eigenvalue weighted by molar-refractivity contribution is -0.123. The number of rotatable bonds is 6. The Labute approximate surface area is 152 Å². The maximum atomic E-state index is 12.4. The summed E-state index contributed by atoms with van der Waals surface area (Å²) < 4.78 is 0. The van der Waals surface area contributed by atoms with Crippen LogP contribution in [0.4, 0.5) is 4.79 Å². The molecular formula is C19H22N2O3S. The molecule has 1 fully saturated rings. The average molecular weight is 358 g/mol. The first-order valence-electron chi connectivity index (χ1n) is 8.19. The number of carbonyl (C=O) groups is 3. The van der Waals surface area contributed by atoms with Crippen LogP contribution in [0.15, 0.2) is 40.8 Å². The van der Waals surface area contributed by atoms with Crippen molar-refractivity contribution in [3.63, 3.8) is 0 Å². The Morgan fingerprint density at radius 2 is 1.92 bits per heavy atom. The van der Waals surface area contributed by atoms with Crippen LogP contribution in [0.1, 0.15) is 31.4 Å². The molecule has 2 rings (SSSR count). The Hall–Kier alpha value is -2.34. The largest absolute Gasteiger partial charge is 0.351 e. The molecule has 0 spiro atoms. The minimum absolute atomic E-state index is 0.168. The normalized spacial score (nSPS) is 16.7. The zero-order valence-corrected chi connectivity index (χ0v) is 15.5. The Bertz CT molecular complexity index is 736. The number of aryl methyl sites for hydroxylation is 1. The summed E-state index contributed by atoms with van der Waals surface area (Å²) in [6, 6.07) is 7.73. The highest BCUT2D eigenvalue weighted by molar-refractivity contribution is 8.18. The van der Waals surface area contributed by atoms with Crippen LogP contribution >= 0.6 is 11.8 Å². The Balaban J connectivity index is 1.96. The monoisotopic (exact) mass is 358 g/mol. The Morgan fingerprint density at radius 1 is 1.24 bits per heavy atom. The van der Waals surface area contributed by atoms with E-state index in [0.717, 1.165) is 29.3 Å². The van der Waals surface area contributed by atoms with Gasteiger partial charge in [0.25, 0.3) is 11.1 Å². The fourth-order valence-corrected chi connectivity index (χ4v) is 3.19. The second kappa shape index (κ2) is 8.67. The molecule has 0 aromatic heterocycles. The van der Waals surface area contributed by atoms with Gasteiger partial charge in [-0.1, -0.05) is 42.8 Å². The SMILES string of the molecule is CC/C=C(/C)C(=O)NCCN1C(=O)S/C(=C/c2ccc(C)cc2)C1=O. The number of carbonyl (C=O) groups excluding carboxylic acids is 3. The number of thioether (sulfide) groups is 1. The van der Waals surface area contributed by atoms with Gasteiger partial charge >= 0.3 is 0 Å². The van der Waals surface area contributed by atoms with E-state index < -0.39 is 0 Å². The summed E-state index contributed by atoms with van der Waals surface area (Å²) in [6.07, 6.45) is 4.34. The number of benzene rings is 1. The zero-order chi connectivity index (χ0) is 18.4. The predicted molar refractivity (Wildman–Crippen MR) is 101 cm³/mol. The van der Waals surface area contributed by atoms with Crippen molar-refractivity contribution in [2.75, 3.05) is 13.1 Å². The molecule has 0 bridgehead atoms. The van der Waals surface area contributed by atoms with E-state index in [2.05, 4.69) is 5.32 Å². The number of hydrogen-bond acceptors (Lipinski definition) is 4. The highest BCUT2D eigenvalue weighted by Crippen LogP contribution is 2.31. The maximum Gasteiger partial charge on any atom is 0.293 e. The smallest absolute Gasteiger partial charge is 0.293 e. The van der Waals surface area contributed by atoms with Gasteiger partial charge in [-0.2, -0.15) is 0 Å². The van der Waals surface area contributed by atoms with Gasteiger partial charge in [-0.05, 0) is 43.7 Å². The predicted octanol–water partition coefficient (Wildman–Crippen LogP) is 3.50. The van der Waals surface area contributed by atoms with Crippen molar-refractivity contribution in [3.05, 3.63) is 51.9 Å². The minimum Gasteiger partial charge on any atom is -0.351 e. The first kappa shape index (κ1) is 19.0. The van der Waals surface area contributed by atoms with Crippen molar-refractivity contribution >= 4 is 34.9 Å². The Kier molecular flexibility index (Phi) is 6.58. The van der Waals surface area contributed by atoms with Gasteiger partial charge in [0.05, 0.1) is 4.91 Å². The van der Waals surface area contributed by atoms with Crippen molar-refractivity contribution < 1.29 is 14.4 Å². The molecular weight excluding hydrogens is 336 g/mol. The molecule has 0 aliphatic carbocycles. The molecule has 0 atom stereocenters. The van der Waals surface area contributed by atoms with Crippen molar-refractivity contribution in [3.8, 4) is 0 Å². The third-order valence-electron chi connectivity index (χ3n) is 3.74. The summed E-state index contributed by atoms with van der Waals surface area (Å²) in [5, 5.41) is 2.42. The van der Waals surface area contributed by atoms with Gasteiger partial charge in [0.15, 0.2) is 0 Å². The van der Waals surface area contributed by atoms with Crippen LogP contribution in [0.25, 0.3) is 6.08 Å². The van der Waals surface area contributed by atoms with Gasteiger partial charge < -0.3 is 5.32 Å². The van der Waals surface area contributed by atoms with E-state index in [4.69, 9.17) is 0 Å². The maximum absolute atomic E-state index is 12.4. The summed E-state index contributed by atoms with van der Waals surface area (Å²) in [6.45, 7) is 6.09. The Morgan fingerprint density at radius 3 is 2.56 bits per heavy atom. The molecule has 1 aromatic carbocycles. The quantitative estimate of drug-likeness (QED) is 0.791. The van der Waals surface area contributed by atoms with Gasteiger partial charge in [0.1, 0.15) is 0 Å². The first-order valence-corrected chi connectivity index (χ1v) is 9.01. The lowest BCUT2D eigenvalue weighted by atomic mass is 10.1. The molecule has 5 nitrogen and oxygen atoms in total. The third kappa shape index (κ3) is 5.06. The van der Waals surface area contributed by atoms with Crippen LogP contribution in [0.2, 0.25) is 0 Å². The molecule has 0 unspecified atom stereocenters. The van der Waals surface area contributed by atoms with E-state index in [1.807, 2.05) is 44.2 Å². The number of imide groups is 1. The van der Waals surface area contributed by atoms with Crippen LogP contribution in [-0.4, -0.2) is 35.0 Å². The summed E-state index contributed by atoms with van der Waals surface area (Å²) in [7, 11) is 0. The van der Waals surface area contributed by atoms with Gasteiger partial charge in [-0.15, -0.1) is 0 Å². The lowest BCUT2D eigenvalue weighted by Gasteiger charge is -2.13. The van der Waals surface area contributed by atoms with Crippen molar-refractivity contribution in [1.82, 2.24) is 10.2 Å². The summed E-state index contributed by atoms with van der Waals surface area (Å²) in [5.41, 5.74) is 2.65. The van der Waals surface area contributed by atoms with Crippen LogP contribution < -0.4 is 5.32 Å². The third-order valence-corrected chi connectivity index (χ3v) is 4.65. The summed E-state index contributed by atoms with van der Waals surface area (Å²) in [4.78, 5) is 37.8. The van der Waals surface area contributed by atoms with Crippen molar-refractivity contribution in [2.24, 2.45) is 0 Å². The number of hydrogen-bond donors (Lipinski definition) is 1. The van der Waals surface area contributed by atoms with E-state index >= 15 is 0 Å². The zero-order valence-electron chi connectivity index (χ0n) is 14.7.